The van der Waals surface area contributed by atoms with E-state index in [0.29, 0.717) is 30.9 Å². The number of halogens is 3. The smallest absolute Gasteiger partial charge is 0.227 e. The third-order valence-corrected chi connectivity index (χ3v) is 6.40. The Morgan fingerprint density at radius 2 is 1.79 bits per heavy atom. The third kappa shape index (κ3) is 3.91. The van der Waals surface area contributed by atoms with Crippen molar-refractivity contribution in [2.24, 2.45) is 0 Å². The number of hydrogen-bond donors (Lipinski definition) is 0. The Balaban J connectivity index is 1.36. The maximum absolute atomic E-state index is 13.6. The Morgan fingerprint density at radius 3 is 2.50 bits per heavy atom. The van der Waals surface area contributed by atoms with Crippen molar-refractivity contribution in [2.45, 2.75) is 44.8 Å². The first-order valence-corrected chi connectivity index (χ1v) is 10.8. The molecule has 5 rings (SSSR count). The van der Waals surface area contributed by atoms with Crippen molar-refractivity contribution < 1.29 is 22.8 Å². The van der Waals surface area contributed by atoms with Crippen molar-refractivity contribution in [2.75, 3.05) is 11.4 Å². The average Bonchev–Trinajstić information content (AvgIpc) is 3.40. The molecule has 1 unspecified atom stereocenters. The van der Waals surface area contributed by atoms with E-state index in [-0.39, 0.29) is 42.3 Å². The van der Waals surface area contributed by atoms with E-state index in [4.69, 9.17) is 0 Å². The van der Waals surface area contributed by atoms with E-state index < -0.39 is 17.5 Å². The fourth-order valence-electron chi connectivity index (χ4n) is 4.62. The van der Waals surface area contributed by atoms with Crippen LogP contribution in [0.2, 0.25) is 0 Å². The lowest BCUT2D eigenvalue weighted by molar-refractivity contribution is -0.134. The fourth-order valence-corrected chi connectivity index (χ4v) is 4.62. The quantitative estimate of drug-likeness (QED) is 0.548. The molecule has 176 valence electrons. The van der Waals surface area contributed by atoms with Gasteiger partial charge in [-0.25, -0.2) is 23.1 Å². The van der Waals surface area contributed by atoms with Gasteiger partial charge in [-0.3, -0.25) is 14.3 Å². The molecule has 34 heavy (non-hydrogen) atoms. The van der Waals surface area contributed by atoms with Gasteiger partial charge < -0.3 is 9.80 Å². The number of amides is 2. The first kappa shape index (κ1) is 22.1. The number of carbonyl (C=O) groups excluding carboxylic acids is 2. The first-order chi connectivity index (χ1) is 16.3. The van der Waals surface area contributed by atoms with Crippen molar-refractivity contribution in [1.82, 2.24) is 24.6 Å². The summed E-state index contributed by atoms with van der Waals surface area (Å²) in [5, 5.41) is 4.41. The second-order valence-corrected chi connectivity index (χ2v) is 8.66. The van der Waals surface area contributed by atoms with E-state index in [2.05, 4.69) is 15.1 Å². The van der Waals surface area contributed by atoms with Crippen LogP contribution in [0.1, 0.15) is 36.1 Å². The standard InChI is InChI=1S/C23H21F3N6O2/c1-13-9-32-20(11-30(13)21(33)4-14-2-17(24)23(26)18(25)3-14)19(8-29-32)31-10-15(5-22(31)34)16-6-27-12-28-7-16/h2-3,6-8,12-13,15H,4-5,9-11H2,1H3/t13-,15?/m0/s1. The number of benzene rings is 1. The minimum absolute atomic E-state index is 0.0484. The van der Waals surface area contributed by atoms with Crippen LogP contribution in [-0.4, -0.2) is 49.0 Å². The average molecular weight is 470 g/mol. The van der Waals surface area contributed by atoms with Crippen LogP contribution in [0.5, 0.6) is 0 Å². The van der Waals surface area contributed by atoms with Crippen LogP contribution in [0.15, 0.2) is 37.1 Å². The summed E-state index contributed by atoms with van der Waals surface area (Å²) in [7, 11) is 0. The van der Waals surface area contributed by atoms with E-state index in [1.807, 2.05) is 6.92 Å². The van der Waals surface area contributed by atoms with E-state index >= 15 is 0 Å². The molecule has 2 amide bonds. The third-order valence-electron chi connectivity index (χ3n) is 6.40. The minimum Gasteiger partial charge on any atom is -0.332 e. The van der Waals surface area contributed by atoms with Crippen molar-refractivity contribution in [3.63, 3.8) is 0 Å². The predicted molar refractivity (Wildman–Crippen MR) is 114 cm³/mol. The molecule has 2 aliphatic heterocycles. The Morgan fingerprint density at radius 1 is 1.09 bits per heavy atom. The topological polar surface area (TPSA) is 84.2 Å². The van der Waals surface area contributed by atoms with Gasteiger partial charge in [0.2, 0.25) is 11.8 Å². The summed E-state index contributed by atoms with van der Waals surface area (Å²) in [5.74, 6) is -4.69. The zero-order chi connectivity index (χ0) is 24.0. The molecule has 0 spiro atoms. The molecule has 2 aliphatic rings. The van der Waals surface area contributed by atoms with Crippen molar-refractivity contribution in [3.05, 3.63) is 71.3 Å². The number of anilines is 1. The van der Waals surface area contributed by atoms with Crippen LogP contribution < -0.4 is 4.90 Å². The molecule has 1 fully saturated rings. The maximum atomic E-state index is 13.6. The Kier molecular flexibility index (Phi) is 5.54. The van der Waals surface area contributed by atoms with Crippen LogP contribution in [0.3, 0.4) is 0 Å². The van der Waals surface area contributed by atoms with Crippen molar-refractivity contribution in [3.8, 4) is 0 Å². The van der Waals surface area contributed by atoms with Gasteiger partial charge in [-0.05, 0) is 30.2 Å². The summed E-state index contributed by atoms with van der Waals surface area (Å²) in [4.78, 5) is 37.1. The van der Waals surface area contributed by atoms with Crippen LogP contribution in [0, 0.1) is 17.5 Å². The number of rotatable bonds is 4. The highest BCUT2D eigenvalue weighted by Gasteiger charge is 2.37. The van der Waals surface area contributed by atoms with Crippen LogP contribution in [0.4, 0.5) is 18.9 Å². The van der Waals surface area contributed by atoms with E-state index in [0.717, 1.165) is 17.7 Å². The molecule has 11 heteroatoms. The second kappa shape index (κ2) is 8.54. The summed E-state index contributed by atoms with van der Waals surface area (Å²) in [6.45, 7) is 2.89. The number of fused-ring (bicyclic) bond motifs is 1. The van der Waals surface area contributed by atoms with Crippen LogP contribution in [0.25, 0.3) is 0 Å². The van der Waals surface area contributed by atoms with Gasteiger partial charge in [0.15, 0.2) is 17.5 Å². The molecule has 1 saturated heterocycles. The highest BCUT2D eigenvalue weighted by Crippen LogP contribution is 2.35. The molecule has 2 aromatic heterocycles. The van der Waals surface area contributed by atoms with Gasteiger partial charge in [-0.15, -0.1) is 0 Å². The molecule has 0 N–H and O–H groups in total. The molecule has 0 bridgehead atoms. The largest absolute Gasteiger partial charge is 0.332 e. The summed E-state index contributed by atoms with van der Waals surface area (Å²) in [5.41, 5.74) is 2.27. The molecule has 0 radical (unpaired) electrons. The maximum Gasteiger partial charge on any atom is 0.227 e. The first-order valence-electron chi connectivity index (χ1n) is 10.8. The second-order valence-electron chi connectivity index (χ2n) is 8.66. The lowest BCUT2D eigenvalue weighted by atomic mass is 10.0. The van der Waals surface area contributed by atoms with Gasteiger partial charge >= 0.3 is 0 Å². The number of nitrogens with zero attached hydrogens (tertiary/aromatic N) is 6. The summed E-state index contributed by atoms with van der Waals surface area (Å²) < 4.78 is 42.2. The molecule has 0 aliphatic carbocycles. The highest BCUT2D eigenvalue weighted by molar-refractivity contribution is 5.97. The van der Waals surface area contributed by atoms with Gasteiger partial charge in [-0.1, -0.05) is 0 Å². The number of carbonyl (C=O) groups is 2. The van der Waals surface area contributed by atoms with Crippen molar-refractivity contribution in [1.29, 1.82) is 0 Å². The Bertz CT molecular complexity index is 1240. The normalized spacial score (nSPS) is 20.1. The Hall–Kier alpha value is -3.76. The molecule has 8 nitrogen and oxygen atoms in total. The zero-order valence-corrected chi connectivity index (χ0v) is 18.3. The molecule has 0 saturated carbocycles. The van der Waals surface area contributed by atoms with Gasteiger partial charge in [0.1, 0.15) is 6.33 Å². The van der Waals surface area contributed by atoms with Crippen LogP contribution in [-0.2, 0) is 29.1 Å². The van der Waals surface area contributed by atoms with Gasteiger partial charge in [0, 0.05) is 37.3 Å². The molecule has 4 heterocycles. The van der Waals surface area contributed by atoms with Crippen molar-refractivity contribution >= 4 is 17.5 Å². The lowest BCUT2D eigenvalue weighted by Crippen LogP contribution is -2.46. The molecule has 1 aromatic carbocycles. The van der Waals surface area contributed by atoms with Gasteiger partial charge in [0.05, 0.1) is 37.1 Å². The molecule has 2 atom stereocenters. The summed E-state index contributed by atoms with van der Waals surface area (Å²) in [6, 6.07) is 1.43. The zero-order valence-electron chi connectivity index (χ0n) is 18.3. The van der Waals surface area contributed by atoms with E-state index in [1.54, 1.807) is 33.1 Å². The predicted octanol–water partition coefficient (Wildman–Crippen LogP) is 2.58. The molecular formula is C23H21F3N6O2. The number of hydrogen-bond acceptors (Lipinski definition) is 5. The number of aromatic nitrogens is 4. The van der Waals surface area contributed by atoms with Crippen LogP contribution >= 0.6 is 0 Å². The van der Waals surface area contributed by atoms with E-state index in [9.17, 15) is 22.8 Å². The molecular weight excluding hydrogens is 449 g/mol. The van der Waals surface area contributed by atoms with Gasteiger partial charge in [-0.2, -0.15) is 5.10 Å². The lowest BCUT2D eigenvalue weighted by Gasteiger charge is -2.35. The minimum atomic E-state index is -1.56. The van der Waals surface area contributed by atoms with E-state index in [1.165, 1.54) is 6.33 Å². The summed E-state index contributed by atoms with van der Waals surface area (Å²) in [6.07, 6.45) is 6.51. The monoisotopic (exact) mass is 470 g/mol. The molecule has 3 aromatic rings. The fraction of sp³-hybridized carbons (Fsp3) is 0.348. The highest BCUT2D eigenvalue weighted by atomic mass is 19.2. The SMILES string of the molecule is C[C@H]1Cn2ncc(N3CC(c4cncnc4)CC3=O)c2CN1C(=O)Cc1cc(F)c(F)c(F)c1. The Labute approximate surface area is 193 Å². The summed E-state index contributed by atoms with van der Waals surface area (Å²) >= 11 is 0. The van der Waals surface area contributed by atoms with Gasteiger partial charge in [0.25, 0.3) is 0 Å².